The van der Waals surface area contributed by atoms with E-state index in [-0.39, 0.29) is 0 Å². The van der Waals surface area contributed by atoms with Gasteiger partial charge in [0.15, 0.2) is 0 Å². The van der Waals surface area contributed by atoms with Crippen LogP contribution < -0.4 is 5.73 Å². The zero-order valence-corrected chi connectivity index (χ0v) is 9.75. The first kappa shape index (κ1) is 11.0. The Labute approximate surface area is 93.3 Å². The molecule has 0 saturated heterocycles. The highest BCUT2D eigenvalue weighted by Crippen LogP contribution is 2.29. The van der Waals surface area contributed by atoms with Gasteiger partial charge < -0.3 is 5.73 Å². The monoisotopic (exact) mass is 208 g/mol. The second-order valence-corrected chi connectivity index (χ2v) is 5.23. The van der Waals surface area contributed by atoms with Gasteiger partial charge in [0.05, 0.1) is 5.84 Å². The van der Waals surface area contributed by atoms with E-state index in [1.165, 1.54) is 57.8 Å². The minimum atomic E-state index is 0.611. The average molecular weight is 208 g/mol. The smallest absolute Gasteiger partial charge is 0.0968 e. The summed E-state index contributed by atoms with van der Waals surface area (Å²) in [7, 11) is 0. The van der Waals surface area contributed by atoms with Crippen molar-refractivity contribution in [3.8, 4) is 0 Å². The second-order valence-electron chi connectivity index (χ2n) is 5.23. The summed E-state index contributed by atoms with van der Waals surface area (Å²) in [5, 5.41) is 0. The van der Waals surface area contributed by atoms with Gasteiger partial charge in [0.1, 0.15) is 0 Å². The SMILES string of the molecule is NC(=NCCC1CCC1)C1CCCCC1. The molecule has 0 atom stereocenters. The number of nitrogens with zero attached hydrogens (tertiary/aromatic N) is 1. The summed E-state index contributed by atoms with van der Waals surface area (Å²) >= 11 is 0. The molecule has 0 aromatic carbocycles. The lowest BCUT2D eigenvalue weighted by Gasteiger charge is -2.25. The van der Waals surface area contributed by atoms with Gasteiger partial charge in [-0.05, 0) is 25.2 Å². The van der Waals surface area contributed by atoms with Crippen molar-refractivity contribution in [3.05, 3.63) is 0 Å². The van der Waals surface area contributed by atoms with Crippen LogP contribution >= 0.6 is 0 Å². The summed E-state index contributed by atoms with van der Waals surface area (Å²) in [5.74, 6) is 2.53. The first-order valence-corrected chi connectivity index (χ1v) is 6.66. The minimum Gasteiger partial charge on any atom is -0.387 e. The summed E-state index contributed by atoms with van der Waals surface area (Å²) < 4.78 is 0. The van der Waals surface area contributed by atoms with Gasteiger partial charge in [-0.25, -0.2) is 0 Å². The van der Waals surface area contributed by atoms with Crippen molar-refractivity contribution in [1.82, 2.24) is 0 Å². The number of amidine groups is 1. The number of aliphatic imine (C=N–C) groups is 1. The van der Waals surface area contributed by atoms with Crippen molar-refractivity contribution in [1.29, 1.82) is 0 Å². The Morgan fingerprint density at radius 2 is 1.73 bits per heavy atom. The molecule has 2 aliphatic rings. The van der Waals surface area contributed by atoms with Crippen LogP contribution in [0.2, 0.25) is 0 Å². The molecule has 2 heteroatoms. The fraction of sp³-hybridized carbons (Fsp3) is 0.923. The van der Waals surface area contributed by atoms with Gasteiger partial charge >= 0.3 is 0 Å². The summed E-state index contributed by atoms with van der Waals surface area (Å²) in [6, 6.07) is 0. The van der Waals surface area contributed by atoms with Crippen molar-refractivity contribution in [2.45, 2.75) is 57.8 Å². The summed E-state index contributed by atoms with van der Waals surface area (Å²) in [6.45, 7) is 0.979. The zero-order valence-electron chi connectivity index (χ0n) is 9.75. The highest BCUT2D eigenvalue weighted by Gasteiger charge is 2.18. The molecule has 2 aliphatic carbocycles. The molecule has 0 unspecified atom stereocenters. The molecule has 2 rings (SSSR count). The van der Waals surface area contributed by atoms with Crippen LogP contribution in [-0.4, -0.2) is 12.4 Å². The van der Waals surface area contributed by atoms with Crippen molar-refractivity contribution in [2.24, 2.45) is 22.6 Å². The summed E-state index contributed by atoms with van der Waals surface area (Å²) in [5.41, 5.74) is 6.04. The topological polar surface area (TPSA) is 38.4 Å². The van der Waals surface area contributed by atoms with Crippen molar-refractivity contribution >= 4 is 5.84 Å². The van der Waals surface area contributed by atoms with Gasteiger partial charge in [-0.2, -0.15) is 0 Å². The zero-order chi connectivity index (χ0) is 10.5. The third-order valence-corrected chi connectivity index (χ3v) is 4.08. The lowest BCUT2D eigenvalue weighted by molar-refractivity contribution is 0.300. The molecule has 0 aromatic rings. The van der Waals surface area contributed by atoms with Gasteiger partial charge in [-0.3, -0.25) is 4.99 Å². The maximum atomic E-state index is 6.04. The molecule has 0 amide bonds. The Bertz CT molecular complexity index is 213. The van der Waals surface area contributed by atoms with Crippen LogP contribution in [0, 0.1) is 11.8 Å². The molecule has 15 heavy (non-hydrogen) atoms. The van der Waals surface area contributed by atoms with Crippen molar-refractivity contribution in [2.75, 3.05) is 6.54 Å². The lowest BCUT2D eigenvalue weighted by Crippen LogP contribution is -2.26. The number of nitrogens with two attached hydrogens (primary N) is 1. The van der Waals surface area contributed by atoms with E-state index < -0.39 is 0 Å². The van der Waals surface area contributed by atoms with E-state index in [9.17, 15) is 0 Å². The first-order valence-electron chi connectivity index (χ1n) is 6.66. The van der Waals surface area contributed by atoms with E-state index >= 15 is 0 Å². The van der Waals surface area contributed by atoms with Crippen LogP contribution in [0.25, 0.3) is 0 Å². The van der Waals surface area contributed by atoms with Crippen LogP contribution in [-0.2, 0) is 0 Å². The van der Waals surface area contributed by atoms with Gasteiger partial charge in [0, 0.05) is 12.5 Å². The third kappa shape index (κ3) is 3.22. The van der Waals surface area contributed by atoms with Gasteiger partial charge in [0.25, 0.3) is 0 Å². The summed E-state index contributed by atoms with van der Waals surface area (Å²) in [6.07, 6.45) is 12.2. The number of rotatable bonds is 4. The molecule has 86 valence electrons. The Kier molecular flexibility index (Phi) is 4.04. The molecule has 0 aliphatic heterocycles. The van der Waals surface area contributed by atoms with E-state index in [1.54, 1.807) is 0 Å². The number of hydrogen-bond acceptors (Lipinski definition) is 1. The maximum Gasteiger partial charge on any atom is 0.0968 e. The predicted octanol–water partition coefficient (Wildman–Crippen LogP) is 3.11. The fourth-order valence-electron chi connectivity index (χ4n) is 2.69. The first-order chi connectivity index (χ1) is 7.36. The Hall–Kier alpha value is -0.530. The van der Waals surface area contributed by atoms with Gasteiger partial charge in [-0.1, -0.05) is 38.5 Å². The second kappa shape index (κ2) is 5.53. The van der Waals surface area contributed by atoms with E-state index in [0.29, 0.717) is 5.92 Å². The van der Waals surface area contributed by atoms with Crippen LogP contribution in [0.15, 0.2) is 4.99 Å². The number of hydrogen-bond donors (Lipinski definition) is 1. The summed E-state index contributed by atoms with van der Waals surface area (Å²) in [4.78, 5) is 4.56. The molecule has 2 nitrogen and oxygen atoms in total. The molecule has 0 bridgehead atoms. The van der Waals surface area contributed by atoms with Gasteiger partial charge in [-0.15, -0.1) is 0 Å². The Morgan fingerprint density at radius 3 is 2.33 bits per heavy atom. The van der Waals surface area contributed by atoms with E-state index in [0.717, 1.165) is 18.3 Å². The standard InChI is InChI=1S/C13H24N2/c14-13(12-7-2-1-3-8-12)15-10-9-11-5-4-6-11/h11-12H,1-10H2,(H2,14,15). The molecular formula is C13H24N2. The quantitative estimate of drug-likeness (QED) is 0.559. The average Bonchev–Trinajstić information content (AvgIpc) is 2.23. The largest absolute Gasteiger partial charge is 0.387 e. The normalized spacial score (nSPS) is 25.2. The van der Waals surface area contributed by atoms with E-state index in [1.807, 2.05) is 0 Å². The van der Waals surface area contributed by atoms with Crippen molar-refractivity contribution < 1.29 is 0 Å². The highest BCUT2D eigenvalue weighted by atomic mass is 14.9. The Balaban J connectivity index is 1.68. The molecule has 2 saturated carbocycles. The molecule has 2 fully saturated rings. The van der Waals surface area contributed by atoms with Crippen molar-refractivity contribution in [3.63, 3.8) is 0 Å². The van der Waals surface area contributed by atoms with Gasteiger partial charge in [0.2, 0.25) is 0 Å². The molecular weight excluding hydrogens is 184 g/mol. The highest BCUT2D eigenvalue weighted by molar-refractivity contribution is 5.82. The maximum absolute atomic E-state index is 6.04. The third-order valence-electron chi connectivity index (χ3n) is 4.08. The van der Waals surface area contributed by atoms with E-state index in [2.05, 4.69) is 4.99 Å². The predicted molar refractivity (Wildman–Crippen MR) is 65.0 cm³/mol. The fourth-order valence-corrected chi connectivity index (χ4v) is 2.69. The van der Waals surface area contributed by atoms with Crippen LogP contribution in [0.4, 0.5) is 0 Å². The Morgan fingerprint density at radius 1 is 1.00 bits per heavy atom. The molecule has 0 radical (unpaired) electrons. The lowest BCUT2D eigenvalue weighted by atomic mass is 9.83. The molecule has 0 spiro atoms. The minimum absolute atomic E-state index is 0.611. The van der Waals surface area contributed by atoms with Crippen LogP contribution in [0.5, 0.6) is 0 Å². The van der Waals surface area contributed by atoms with Crippen LogP contribution in [0.1, 0.15) is 57.8 Å². The molecule has 0 heterocycles. The van der Waals surface area contributed by atoms with E-state index in [4.69, 9.17) is 5.73 Å². The molecule has 0 aromatic heterocycles. The van der Waals surface area contributed by atoms with Crippen LogP contribution in [0.3, 0.4) is 0 Å². The molecule has 2 N–H and O–H groups in total.